The Morgan fingerprint density at radius 3 is 2.71 bits per heavy atom. The summed E-state index contributed by atoms with van der Waals surface area (Å²) >= 11 is 0. The van der Waals surface area contributed by atoms with E-state index in [1.807, 2.05) is 0 Å². The van der Waals surface area contributed by atoms with Crippen LogP contribution < -0.4 is 5.32 Å². The smallest absolute Gasteiger partial charge is 0.243 e. The van der Waals surface area contributed by atoms with Gasteiger partial charge in [0.15, 0.2) is 5.96 Å². The van der Waals surface area contributed by atoms with Gasteiger partial charge in [-0.2, -0.15) is 0 Å². The second kappa shape index (κ2) is 7.70. The number of guanidine groups is 1. The van der Waals surface area contributed by atoms with Gasteiger partial charge >= 0.3 is 0 Å². The number of hydrogen-bond donors (Lipinski definition) is 1. The van der Waals surface area contributed by atoms with Crippen molar-refractivity contribution >= 4 is 11.9 Å². The topological polar surface area (TPSA) is 66.4 Å². The van der Waals surface area contributed by atoms with Gasteiger partial charge in [-0.05, 0) is 25.7 Å². The lowest BCUT2D eigenvalue weighted by atomic mass is 9.87. The van der Waals surface area contributed by atoms with E-state index in [2.05, 4.69) is 15.2 Å². The number of likely N-dealkylation sites (tertiary alicyclic amines) is 1. The number of nitrogens with zero attached hydrogens (tertiary/aromatic N) is 3. The van der Waals surface area contributed by atoms with Crippen molar-refractivity contribution in [1.82, 2.24) is 15.1 Å². The minimum atomic E-state index is 0.0272. The lowest BCUT2D eigenvalue weighted by molar-refractivity contribution is -0.127. The molecule has 136 valence electrons. The largest absolute Gasteiger partial charge is 0.381 e. The molecule has 0 radical (unpaired) electrons. The Labute approximate surface area is 144 Å². The lowest BCUT2D eigenvalue weighted by Gasteiger charge is -2.30. The maximum Gasteiger partial charge on any atom is 0.243 e. The summed E-state index contributed by atoms with van der Waals surface area (Å²) < 4.78 is 11.1. The molecule has 3 fully saturated rings. The Bertz CT molecular complexity index is 468. The Morgan fingerprint density at radius 2 is 2.04 bits per heavy atom. The highest BCUT2D eigenvalue weighted by molar-refractivity contribution is 5.85. The molecule has 0 aromatic carbocycles. The molecule has 1 N–H and O–H groups in total. The van der Waals surface area contributed by atoms with Gasteiger partial charge in [0.2, 0.25) is 5.91 Å². The zero-order valence-corrected chi connectivity index (χ0v) is 14.9. The highest BCUT2D eigenvalue weighted by Gasteiger charge is 2.42. The second-order valence-corrected chi connectivity index (χ2v) is 7.43. The number of hydrogen-bond acceptors (Lipinski definition) is 4. The van der Waals surface area contributed by atoms with E-state index in [0.29, 0.717) is 6.04 Å². The Balaban J connectivity index is 1.66. The molecule has 0 saturated carbocycles. The highest BCUT2D eigenvalue weighted by atomic mass is 16.5. The lowest BCUT2D eigenvalue weighted by Crippen LogP contribution is -2.48. The normalized spacial score (nSPS) is 28.6. The molecule has 1 unspecified atom stereocenters. The van der Waals surface area contributed by atoms with Gasteiger partial charge in [-0.25, -0.2) is 4.99 Å². The maximum absolute atomic E-state index is 11.9. The van der Waals surface area contributed by atoms with E-state index in [9.17, 15) is 4.79 Å². The van der Waals surface area contributed by atoms with Crippen LogP contribution in [0.3, 0.4) is 0 Å². The number of aliphatic imine (C=N–C) groups is 1. The summed E-state index contributed by atoms with van der Waals surface area (Å²) in [5.41, 5.74) is 0.281. The summed E-state index contributed by atoms with van der Waals surface area (Å²) in [4.78, 5) is 20.5. The van der Waals surface area contributed by atoms with E-state index < -0.39 is 0 Å². The molecule has 3 aliphatic rings. The van der Waals surface area contributed by atoms with Gasteiger partial charge in [0.1, 0.15) is 6.54 Å². The summed E-state index contributed by atoms with van der Waals surface area (Å²) in [5, 5.41) is 3.58. The van der Waals surface area contributed by atoms with Gasteiger partial charge < -0.3 is 24.6 Å². The predicted octanol–water partition coefficient (Wildman–Crippen LogP) is 0.312. The fourth-order valence-corrected chi connectivity index (χ4v) is 3.63. The van der Waals surface area contributed by atoms with Gasteiger partial charge in [0.05, 0.1) is 6.61 Å². The number of amides is 1. The molecular formula is C17H30N4O3. The first kappa shape index (κ1) is 17.5. The summed E-state index contributed by atoms with van der Waals surface area (Å²) in [7, 11) is 3.54. The second-order valence-electron chi connectivity index (χ2n) is 7.43. The standard InChI is InChI=1S/C17H30N4O3/c1-20(2)15(22)11-18-16(19-14-3-8-23-9-4-14)21-7-5-17(12-21)6-10-24-13-17/h14H,3-13H2,1-2H3,(H,18,19). The Morgan fingerprint density at radius 1 is 1.25 bits per heavy atom. The molecule has 7 nitrogen and oxygen atoms in total. The van der Waals surface area contributed by atoms with Crippen molar-refractivity contribution < 1.29 is 14.3 Å². The molecule has 3 heterocycles. The van der Waals surface area contributed by atoms with E-state index in [4.69, 9.17) is 9.47 Å². The SMILES string of the molecule is CN(C)C(=O)CN=C(NC1CCOCC1)N1CCC2(CCOC2)C1. The molecular weight excluding hydrogens is 308 g/mol. The van der Waals surface area contributed by atoms with Crippen LogP contribution in [0.1, 0.15) is 25.7 Å². The van der Waals surface area contributed by atoms with Crippen molar-refractivity contribution in [3.05, 3.63) is 0 Å². The molecule has 1 spiro atoms. The van der Waals surface area contributed by atoms with Crippen LogP contribution in [0.4, 0.5) is 0 Å². The summed E-state index contributed by atoms with van der Waals surface area (Å²) in [6, 6.07) is 0.378. The van der Waals surface area contributed by atoms with Crippen LogP contribution in [0.15, 0.2) is 4.99 Å². The fraction of sp³-hybridized carbons (Fsp3) is 0.882. The Hall–Kier alpha value is -1.34. The van der Waals surface area contributed by atoms with Crippen LogP contribution >= 0.6 is 0 Å². The minimum Gasteiger partial charge on any atom is -0.381 e. The van der Waals surface area contributed by atoms with Crippen LogP contribution in [-0.4, -0.2) is 87.9 Å². The summed E-state index contributed by atoms with van der Waals surface area (Å²) in [5.74, 6) is 0.903. The fourth-order valence-electron chi connectivity index (χ4n) is 3.63. The van der Waals surface area contributed by atoms with Crippen molar-refractivity contribution in [3.8, 4) is 0 Å². The van der Waals surface area contributed by atoms with Crippen molar-refractivity contribution in [1.29, 1.82) is 0 Å². The number of ether oxygens (including phenoxy) is 2. The third-order valence-electron chi connectivity index (χ3n) is 5.34. The molecule has 3 rings (SSSR count). The Kier molecular flexibility index (Phi) is 5.61. The van der Waals surface area contributed by atoms with Crippen LogP contribution in [0.5, 0.6) is 0 Å². The number of carbonyl (C=O) groups excluding carboxylic acids is 1. The van der Waals surface area contributed by atoms with Gasteiger partial charge in [-0.3, -0.25) is 4.79 Å². The average molecular weight is 338 g/mol. The quantitative estimate of drug-likeness (QED) is 0.593. The molecule has 3 aliphatic heterocycles. The third kappa shape index (κ3) is 4.19. The highest BCUT2D eigenvalue weighted by Crippen LogP contribution is 2.38. The maximum atomic E-state index is 11.9. The van der Waals surface area contributed by atoms with Gasteiger partial charge in [0.25, 0.3) is 0 Å². The summed E-state index contributed by atoms with van der Waals surface area (Å²) in [6.07, 6.45) is 4.25. The number of likely N-dealkylation sites (N-methyl/N-ethyl adjacent to an activating group) is 1. The first-order valence-corrected chi connectivity index (χ1v) is 9.00. The van der Waals surface area contributed by atoms with E-state index in [0.717, 1.165) is 71.2 Å². The summed E-state index contributed by atoms with van der Waals surface area (Å²) in [6.45, 7) is 5.45. The van der Waals surface area contributed by atoms with Crippen molar-refractivity contribution in [2.24, 2.45) is 10.4 Å². The molecule has 0 aromatic heterocycles. The molecule has 1 atom stereocenters. The van der Waals surface area contributed by atoms with Gasteiger partial charge in [0, 0.05) is 58.5 Å². The van der Waals surface area contributed by atoms with Gasteiger partial charge in [-0.1, -0.05) is 0 Å². The van der Waals surface area contributed by atoms with E-state index >= 15 is 0 Å². The van der Waals surface area contributed by atoms with Crippen LogP contribution in [0, 0.1) is 5.41 Å². The van der Waals surface area contributed by atoms with E-state index in [1.165, 1.54) is 0 Å². The van der Waals surface area contributed by atoms with E-state index in [1.54, 1.807) is 19.0 Å². The zero-order valence-electron chi connectivity index (χ0n) is 14.9. The molecule has 0 aliphatic carbocycles. The first-order valence-electron chi connectivity index (χ1n) is 9.00. The van der Waals surface area contributed by atoms with Crippen molar-refractivity contribution in [2.45, 2.75) is 31.7 Å². The molecule has 0 aromatic rings. The number of carbonyl (C=O) groups is 1. The third-order valence-corrected chi connectivity index (χ3v) is 5.34. The van der Waals surface area contributed by atoms with Crippen molar-refractivity contribution in [2.75, 3.05) is 60.2 Å². The first-order chi connectivity index (χ1) is 11.6. The number of nitrogens with one attached hydrogen (secondary N) is 1. The molecule has 24 heavy (non-hydrogen) atoms. The molecule has 3 saturated heterocycles. The average Bonchev–Trinajstić information content (AvgIpc) is 3.22. The molecule has 1 amide bonds. The van der Waals surface area contributed by atoms with E-state index in [-0.39, 0.29) is 17.9 Å². The van der Waals surface area contributed by atoms with Crippen LogP contribution in [0.2, 0.25) is 0 Å². The predicted molar refractivity (Wildman–Crippen MR) is 92.0 cm³/mol. The zero-order chi connectivity index (χ0) is 17.0. The molecule has 0 bridgehead atoms. The molecule has 7 heteroatoms. The van der Waals surface area contributed by atoms with Crippen LogP contribution in [-0.2, 0) is 14.3 Å². The monoisotopic (exact) mass is 338 g/mol. The van der Waals surface area contributed by atoms with Crippen molar-refractivity contribution in [3.63, 3.8) is 0 Å². The number of rotatable bonds is 3. The van der Waals surface area contributed by atoms with Gasteiger partial charge in [-0.15, -0.1) is 0 Å². The van der Waals surface area contributed by atoms with Crippen LogP contribution in [0.25, 0.3) is 0 Å². The minimum absolute atomic E-state index is 0.0272.